The average molecular weight is 440 g/mol. The van der Waals surface area contributed by atoms with Gasteiger partial charge in [0.25, 0.3) is 5.91 Å². The molecule has 0 radical (unpaired) electrons. The van der Waals surface area contributed by atoms with E-state index in [0.29, 0.717) is 26.2 Å². The molecule has 0 atom stereocenters. The van der Waals surface area contributed by atoms with Crippen molar-refractivity contribution in [1.29, 1.82) is 0 Å². The molecule has 0 aliphatic heterocycles. The number of hydrogen-bond donors (Lipinski definition) is 3. The van der Waals surface area contributed by atoms with Crippen molar-refractivity contribution in [2.24, 2.45) is 5.73 Å². The normalized spacial score (nSPS) is 12.8. The lowest BCUT2D eigenvalue weighted by Crippen LogP contribution is -2.33. The number of fused-ring (bicyclic) bond motifs is 1. The van der Waals surface area contributed by atoms with E-state index in [1.165, 1.54) is 17.4 Å². The molecule has 0 unspecified atom stereocenters. The highest BCUT2D eigenvalue weighted by atomic mass is 35.5. The highest BCUT2D eigenvalue weighted by molar-refractivity contribution is 7.80. The van der Waals surface area contributed by atoms with Gasteiger partial charge in [-0.05, 0) is 60.8 Å². The van der Waals surface area contributed by atoms with Crippen molar-refractivity contribution in [3.8, 4) is 0 Å². The third kappa shape index (κ3) is 4.68. The van der Waals surface area contributed by atoms with Crippen LogP contribution < -0.4 is 16.4 Å². The molecule has 0 saturated heterocycles. The molecule has 2 aromatic rings. The monoisotopic (exact) mass is 439 g/mol. The molecule has 0 bridgehead atoms. The minimum absolute atomic E-state index is 0.0919. The second-order valence-corrected chi connectivity index (χ2v) is 8.23. The molecular formula is C18H15Cl2N3O2S2. The summed E-state index contributed by atoms with van der Waals surface area (Å²) in [6.45, 7) is 0. The SMILES string of the molecule is NC(=O)c1c(NC(=S)NC(=O)/C=C/c2ccc(Cl)cc2Cl)sc2c1CCC2. The summed E-state index contributed by atoms with van der Waals surface area (Å²) in [5.41, 5.74) is 7.62. The molecule has 0 spiro atoms. The maximum Gasteiger partial charge on any atom is 0.251 e. The second-order valence-electron chi connectivity index (χ2n) is 5.87. The minimum Gasteiger partial charge on any atom is -0.365 e. The number of rotatable bonds is 4. The zero-order chi connectivity index (χ0) is 19.6. The molecule has 1 aromatic heterocycles. The van der Waals surface area contributed by atoms with Gasteiger partial charge >= 0.3 is 0 Å². The van der Waals surface area contributed by atoms with Gasteiger partial charge in [0, 0.05) is 21.0 Å². The van der Waals surface area contributed by atoms with Crippen LogP contribution in [0.4, 0.5) is 5.00 Å². The van der Waals surface area contributed by atoms with Gasteiger partial charge < -0.3 is 11.1 Å². The number of nitrogens with two attached hydrogens (primary N) is 1. The Bertz CT molecular complexity index is 970. The maximum atomic E-state index is 12.1. The van der Waals surface area contributed by atoms with Gasteiger partial charge in [-0.3, -0.25) is 14.9 Å². The molecule has 1 aliphatic carbocycles. The number of carbonyl (C=O) groups is 2. The van der Waals surface area contributed by atoms with Crippen molar-refractivity contribution in [1.82, 2.24) is 5.32 Å². The number of benzene rings is 1. The van der Waals surface area contributed by atoms with Gasteiger partial charge in [-0.25, -0.2) is 0 Å². The Balaban J connectivity index is 1.65. The van der Waals surface area contributed by atoms with Crippen LogP contribution in [-0.4, -0.2) is 16.9 Å². The molecular weight excluding hydrogens is 425 g/mol. The molecule has 1 aliphatic rings. The van der Waals surface area contributed by atoms with Crippen LogP contribution in [0.3, 0.4) is 0 Å². The fourth-order valence-corrected chi connectivity index (χ4v) is 4.88. The van der Waals surface area contributed by atoms with Crippen LogP contribution in [0.2, 0.25) is 10.0 Å². The van der Waals surface area contributed by atoms with E-state index < -0.39 is 11.8 Å². The van der Waals surface area contributed by atoms with Crippen LogP contribution in [-0.2, 0) is 17.6 Å². The van der Waals surface area contributed by atoms with E-state index in [1.54, 1.807) is 24.3 Å². The number of amides is 2. The Morgan fingerprint density at radius 1 is 1.26 bits per heavy atom. The summed E-state index contributed by atoms with van der Waals surface area (Å²) in [4.78, 5) is 25.0. The lowest BCUT2D eigenvalue weighted by molar-refractivity contribution is -0.115. The first-order chi connectivity index (χ1) is 12.8. The molecule has 1 aromatic carbocycles. The standard InChI is InChI=1S/C18H15Cl2N3O2S2/c19-10-6-4-9(12(20)8-10)5-7-14(24)22-18(26)23-17-15(16(21)25)11-2-1-3-13(11)27-17/h4-8H,1-3H2,(H2,21,25)(H2,22,23,24,26)/b7-5+. The Kier molecular flexibility index (Phi) is 6.16. The molecule has 5 nitrogen and oxygen atoms in total. The molecule has 9 heteroatoms. The number of nitrogens with one attached hydrogen (secondary N) is 2. The summed E-state index contributed by atoms with van der Waals surface area (Å²) >= 11 is 18.5. The molecule has 140 valence electrons. The zero-order valence-electron chi connectivity index (χ0n) is 14.0. The predicted octanol–water partition coefficient (Wildman–Crippen LogP) is 4.17. The van der Waals surface area contributed by atoms with E-state index >= 15 is 0 Å². The quantitative estimate of drug-likeness (QED) is 0.492. The van der Waals surface area contributed by atoms with Crippen LogP contribution in [0.15, 0.2) is 24.3 Å². The lowest BCUT2D eigenvalue weighted by Gasteiger charge is -2.08. The first kappa shape index (κ1) is 19.8. The number of thiophene rings is 1. The number of carbonyl (C=O) groups excluding carboxylic acids is 2. The number of halogens is 2. The first-order valence-electron chi connectivity index (χ1n) is 8.04. The van der Waals surface area contributed by atoms with Crippen LogP contribution in [0.1, 0.15) is 32.8 Å². The molecule has 4 N–H and O–H groups in total. The topological polar surface area (TPSA) is 84.2 Å². The second kappa shape index (κ2) is 8.39. The zero-order valence-corrected chi connectivity index (χ0v) is 17.1. The molecule has 2 amide bonds. The molecule has 0 saturated carbocycles. The van der Waals surface area contributed by atoms with Crippen molar-refractivity contribution in [2.45, 2.75) is 19.3 Å². The number of aryl methyl sites for hydroxylation is 1. The summed E-state index contributed by atoms with van der Waals surface area (Å²) < 4.78 is 0. The van der Waals surface area contributed by atoms with Crippen molar-refractivity contribution < 1.29 is 9.59 Å². The van der Waals surface area contributed by atoms with Crippen molar-refractivity contribution in [3.05, 3.63) is 55.9 Å². The third-order valence-electron chi connectivity index (χ3n) is 4.01. The molecule has 1 heterocycles. The van der Waals surface area contributed by atoms with Gasteiger partial charge in [-0.1, -0.05) is 29.3 Å². The van der Waals surface area contributed by atoms with E-state index in [2.05, 4.69) is 10.6 Å². The average Bonchev–Trinajstić information content (AvgIpc) is 3.13. The largest absolute Gasteiger partial charge is 0.365 e. The smallest absolute Gasteiger partial charge is 0.251 e. The van der Waals surface area contributed by atoms with Crippen LogP contribution >= 0.6 is 46.8 Å². The molecule has 3 rings (SSSR count). The summed E-state index contributed by atoms with van der Waals surface area (Å²) in [6.07, 6.45) is 5.64. The minimum atomic E-state index is -0.497. The number of anilines is 1. The van der Waals surface area contributed by atoms with Crippen LogP contribution in [0.5, 0.6) is 0 Å². The first-order valence-corrected chi connectivity index (χ1v) is 10.0. The van der Waals surface area contributed by atoms with Gasteiger partial charge in [-0.15, -0.1) is 11.3 Å². The van der Waals surface area contributed by atoms with Crippen molar-refractivity contribution in [3.63, 3.8) is 0 Å². The van der Waals surface area contributed by atoms with Gasteiger partial charge in [0.05, 0.1) is 5.56 Å². The van der Waals surface area contributed by atoms with E-state index in [0.717, 1.165) is 29.7 Å². The number of hydrogen-bond acceptors (Lipinski definition) is 4. The maximum absolute atomic E-state index is 12.1. The Morgan fingerprint density at radius 2 is 2.04 bits per heavy atom. The molecule has 0 fully saturated rings. The summed E-state index contributed by atoms with van der Waals surface area (Å²) in [5.74, 6) is -0.924. The fourth-order valence-electron chi connectivity index (χ4n) is 2.84. The fraction of sp³-hybridized carbons (Fsp3) is 0.167. The molecule has 27 heavy (non-hydrogen) atoms. The summed E-state index contributed by atoms with van der Waals surface area (Å²) in [5, 5.41) is 7.06. The number of primary amides is 1. The Hall–Kier alpha value is -1.93. The summed E-state index contributed by atoms with van der Waals surface area (Å²) in [7, 11) is 0. The van der Waals surface area contributed by atoms with Crippen molar-refractivity contribution in [2.75, 3.05) is 5.32 Å². The Labute approximate surface area is 175 Å². The summed E-state index contributed by atoms with van der Waals surface area (Å²) in [6, 6.07) is 4.98. The Morgan fingerprint density at radius 3 is 2.74 bits per heavy atom. The van der Waals surface area contributed by atoms with E-state index in [1.807, 2.05) is 0 Å². The highest BCUT2D eigenvalue weighted by Gasteiger charge is 2.25. The van der Waals surface area contributed by atoms with E-state index in [4.69, 9.17) is 41.2 Å². The highest BCUT2D eigenvalue weighted by Crippen LogP contribution is 2.38. The predicted molar refractivity (Wildman–Crippen MR) is 115 cm³/mol. The lowest BCUT2D eigenvalue weighted by atomic mass is 10.1. The van der Waals surface area contributed by atoms with Gasteiger partial charge in [0.2, 0.25) is 5.91 Å². The third-order valence-corrected chi connectivity index (χ3v) is 5.98. The van der Waals surface area contributed by atoms with Crippen LogP contribution in [0.25, 0.3) is 6.08 Å². The van der Waals surface area contributed by atoms with Gasteiger partial charge in [0.1, 0.15) is 5.00 Å². The van der Waals surface area contributed by atoms with Gasteiger partial charge in [0.15, 0.2) is 5.11 Å². The van der Waals surface area contributed by atoms with Crippen LogP contribution in [0, 0.1) is 0 Å². The van der Waals surface area contributed by atoms with Gasteiger partial charge in [-0.2, -0.15) is 0 Å². The number of thiocarbonyl (C=S) groups is 1. The van der Waals surface area contributed by atoms with E-state index in [9.17, 15) is 9.59 Å². The van der Waals surface area contributed by atoms with E-state index in [-0.39, 0.29) is 5.11 Å². The van der Waals surface area contributed by atoms with Crippen molar-refractivity contribution >= 4 is 74.8 Å².